The van der Waals surface area contributed by atoms with Crippen LogP contribution < -0.4 is 20.3 Å². The van der Waals surface area contributed by atoms with Gasteiger partial charge in [-0.05, 0) is 56.7 Å². The molecule has 4 heterocycles. The summed E-state index contributed by atoms with van der Waals surface area (Å²) in [6, 6.07) is 9.50. The predicted octanol–water partition coefficient (Wildman–Crippen LogP) is 3.21. The molecule has 0 aliphatic carbocycles. The number of amides is 3. The summed E-state index contributed by atoms with van der Waals surface area (Å²) in [7, 11) is 0. The molecule has 2 N–H and O–H groups in total. The molecule has 2 fully saturated rings. The van der Waals surface area contributed by atoms with Crippen molar-refractivity contribution < 1.29 is 28.6 Å². The van der Waals surface area contributed by atoms with E-state index in [0.29, 0.717) is 56.6 Å². The maximum absolute atomic E-state index is 13.9. The van der Waals surface area contributed by atoms with Gasteiger partial charge in [0.1, 0.15) is 12.3 Å². The number of nitrogens with one attached hydrogen (secondary N) is 2. The van der Waals surface area contributed by atoms with Gasteiger partial charge in [-0.3, -0.25) is 19.4 Å². The zero-order valence-electron chi connectivity index (χ0n) is 24.8. The van der Waals surface area contributed by atoms with E-state index in [0.717, 1.165) is 57.1 Å². The van der Waals surface area contributed by atoms with Crippen molar-refractivity contribution in [2.45, 2.75) is 63.5 Å². The van der Waals surface area contributed by atoms with Crippen LogP contribution in [0.3, 0.4) is 0 Å². The van der Waals surface area contributed by atoms with Crippen LogP contribution >= 0.6 is 0 Å². The van der Waals surface area contributed by atoms with Gasteiger partial charge in [0.15, 0.2) is 0 Å². The number of carbonyl (C=O) groups is 3. The van der Waals surface area contributed by atoms with Crippen LogP contribution in [0.2, 0.25) is 0 Å². The highest BCUT2D eigenvalue weighted by Crippen LogP contribution is 2.34. The van der Waals surface area contributed by atoms with Crippen molar-refractivity contribution in [3.63, 3.8) is 0 Å². The first-order valence-electron chi connectivity index (χ1n) is 15.5. The molecule has 11 heteroatoms. The number of para-hydroxylation sites is 2. The number of pyridine rings is 1. The van der Waals surface area contributed by atoms with E-state index in [2.05, 4.69) is 15.6 Å². The zero-order valence-corrected chi connectivity index (χ0v) is 24.8. The predicted molar refractivity (Wildman–Crippen MR) is 162 cm³/mol. The zero-order chi connectivity index (χ0) is 29.9. The Labute approximate surface area is 253 Å². The number of anilines is 2. The molecule has 5 rings (SSSR count). The molecule has 0 radical (unpaired) electrons. The first-order valence-corrected chi connectivity index (χ1v) is 15.5. The normalized spacial score (nSPS) is 19.4. The van der Waals surface area contributed by atoms with Crippen LogP contribution in [0.25, 0.3) is 0 Å². The lowest BCUT2D eigenvalue weighted by atomic mass is 10.1. The second-order valence-electron chi connectivity index (χ2n) is 11.4. The quantitative estimate of drug-likeness (QED) is 0.524. The fourth-order valence-electron chi connectivity index (χ4n) is 5.73. The van der Waals surface area contributed by atoms with Crippen LogP contribution in [0.4, 0.5) is 11.4 Å². The van der Waals surface area contributed by atoms with Crippen molar-refractivity contribution in [1.82, 2.24) is 20.5 Å². The number of fused-ring (bicyclic) bond motifs is 3. The van der Waals surface area contributed by atoms with Gasteiger partial charge >= 0.3 is 0 Å². The fourth-order valence-corrected chi connectivity index (χ4v) is 5.73. The minimum atomic E-state index is -0.262. The van der Waals surface area contributed by atoms with Gasteiger partial charge in [-0.2, -0.15) is 0 Å². The number of aromatic nitrogens is 1. The molecule has 3 aliphatic heterocycles. The van der Waals surface area contributed by atoms with Crippen LogP contribution in [-0.2, 0) is 19.1 Å². The maximum atomic E-state index is 13.9. The Morgan fingerprint density at radius 3 is 2.19 bits per heavy atom. The fraction of sp³-hybridized carbons (Fsp3) is 0.562. The number of hydrogen-bond donors (Lipinski definition) is 2. The molecule has 2 saturated heterocycles. The van der Waals surface area contributed by atoms with Gasteiger partial charge in [-0.15, -0.1) is 0 Å². The smallest absolute Gasteiger partial charge is 0.255 e. The number of hydrogen-bond acceptors (Lipinski definition) is 8. The highest BCUT2D eigenvalue weighted by atomic mass is 16.5. The van der Waals surface area contributed by atoms with Crippen molar-refractivity contribution in [2.75, 3.05) is 57.6 Å². The van der Waals surface area contributed by atoms with Crippen molar-refractivity contribution in [3.05, 3.63) is 48.3 Å². The van der Waals surface area contributed by atoms with Gasteiger partial charge in [-0.25, -0.2) is 0 Å². The van der Waals surface area contributed by atoms with Crippen LogP contribution in [0.5, 0.6) is 5.75 Å². The summed E-state index contributed by atoms with van der Waals surface area (Å²) in [6.07, 6.45) is 9.73. The Morgan fingerprint density at radius 1 is 0.814 bits per heavy atom. The average Bonchev–Trinajstić information content (AvgIpc) is 3.03. The monoisotopic (exact) mass is 593 g/mol. The lowest BCUT2D eigenvalue weighted by Gasteiger charge is -2.29. The molecule has 2 bridgehead atoms. The molecule has 2 aromatic rings. The summed E-state index contributed by atoms with van der Waals surface area (Å²) >= 11 is 0. The Kier molecular flexibility index (Phi) is 11.2. The van der Waals surface area contributed by atoms with Gasteiger partial charge in [0.05, 0.1) is 36.3 Å². The van der Waals surface area contributed by atoms with Crippen LogP contribution in [-0.4, -0.2) is 92.4 Å². The Bertz CT molecular complexity index is 1230. The molecule has 3 amide bonds. The molecule has 3 aliphatic rings. The molecule has 0 saturated carbocycles. The summed E-state index contributed by atoms with van der Waals surface area (Å²) in [5.41, 5.74) is 1.67. The van der Waals surface area contributed by atoms with Gasteiger partial charge in [0.25, 0.3) is 5.91 Å². The SMILES string of the molecule is O=C(CN1CCCCCCOc2ccccc2N(CC(=O)NC2CCOCC2)c2cncc(c2)C1=O)NC1CCOCC1. The summed E-state index contributed by atoms with van der Waals surface area (Å²) in [5.74, 6) is 0.0978. The summed E-state index contributed by atoms with van der Waals surface area (Å²) in [4.78, 5) is 48.1. The van der Waals surface area contributed by atoms with E-state index in [-0.39, 0.29) is 42.9 Å². The molecular formula is C32H43N5O6. The molecule has 0 spiro atoms. The molecule has 1 aromatic carbocycles. The average molecular weight is 594 g/mol. The van der Waals surface area contributed by atoms with Gasteiger partial charge in [-0.1, -0.05) is 25.0 Å². The highest BCUT2D eigenvalue weighted by molar-refractivity contribution is 5.97. The summed E-state index contributed by atoms with van der Waals surface area (Å²) in [5, 5.41) is 6.21. The second-order valence-corrected chi connectivity index (χ2v) is 11.4. The van der Waals surface area contributed by atoms with Crippen molar-refractivity contribution >= 4 is 29.1 Å². The topological polar surface area (TPSA) is 122 Å². The Hall–Kier alpha value is -3.70. The standard InChI is InChI=1S/C32H43N5O6/c38-30(34-25-9-15-41-16-10-25)22-36-13-5-1-2-6-14-43-29-8-4-3-7-28(29)37(27-19-24(32(36)40)20-33-21-27)23-31(39)35-26-11-17-42-18-12-26/h3-4,7-8,19-21,25-26H,1-2,5-6,9-18,22-23H2,(H,34,38)(H,35,39). The molecule has 1 aromatic heterocycles. The van der Waals surface area contributed by atoms with E-state index in [9.17, 15) is 14.4 Å². The maximum Gasteiger partial charge on any atom is 0.255 e. The van der Waals surface area contributed by atoms with Crippen molar-refractivity contribution in [3.8, 4) is 5.75 Å². The van der Waals surface area contributed by atoms with E-state index in [1.807, 2.05) is 29.2 Å². The first-order chi connectivity index (χ1) is 21.1. The number of rotatable bonds is 6. The third-order valence-electron chi connectivity index (χ3n) is 8.11. The van der Waals surface area contributed by atoms with Crippen molar-refractivity contribution in [1.29, 1.82) is 0 Å². The van der Waals surface area contributed by atoms with Gasteiger partial charge < -0.3 is 34.6 Å². The molecule has 0 unspecified atom stereocenters. The van der Waals surface area contributed by atoms with Crippen LogP contribution in [0, 0.1) is 0 Å². The van der Waals surface area contributed by atoms with E-state index in [4.69, 9.17) is 14.2 Å². The van der Waals surface area contributed by atoms with Crippen molar-refractivity contribution in [2.24, 2.45) is 0 Å². The second kappa shape index (κ2) is 15.7. The largest absolute Gasteiger partial charge is 0.491 e. The number of carbonyl (C=O) groups excluding carboxylic acids is 3. The highest BCUT2D eigenvalue weighted by Gasteiger charge is 2.25. The number of ether oxygens (including phenoxy) is 3. The minimum absolute atomic E-state index is 0.0221. The van der Waals surface area contributed by atoms with Gasteiger partial charge in [0, 0.05) is 51.3 Å². The van der Waals surface area contributed by atoms with Gasteiger partial charge in [0.2, 0.25) is 11.8 Å². The lowest BCUT2D eigenvalue weighted by molar-refractivity contribution is -0.123. The Morgan fingerprint density at radius 2 is 1.47 bits per heavy atom. The lowest BCUT2D eigenvalue weighted by Crippen LogP contribution is -2.46. The van der Waals surface area contributed by atoms with E-state index >= 15 is 0 Å². The third-order valence-corrected chi connectivity index (χ3v) is 8.11. The third kappa shape index (κ3) is 8.90. The minimum Gasteiger partial charge on any atom is -0.491 e. The number of benzene rings is 1. The molecular weight excluding hydrogens is 550 g/mol. The van der Waals surface area contributed by atoms with E-state index < -0.39 is 0 Å². The molecule has 11 nitrogen and oxygen atoms in total. The number of nitrogens with zero attached hydrogens (tertiary/aromatic N) is 3. The summed E-state index contributed by atoms with van der Waals surface area (Å²) in [6.45, 7) is 3.50. The molecule has 0 atom stereocenters. The molecule has 43 heavy (non-hydrogen) atoms. The van der Waals surface area contributed by atoms with E-state index in [1.165, 1.54) is 6.20 Å². The molecule has 232 valence electrons. The van der Waals surface area contributed by atoms with Crippen LogP contribution in [0.15, 0.2) is 42.7 Å². The van der Waals surface area contributed by atoms with E-state index in [1.54, 1.807) is 17.2 Å². The van der Waals surface area contributed by atoms with Crippen LogP contribution in [0.1, 0.15) is 61.7 Å². The Balaban J connectivity index is 1.40. The summed E-state index contributed by atoms with van der Waals surface area (Å²) < 4.78 is 17.1. The first kappa shape index (κ1) is 30.7.